The second kappa shape index (κ2) is 4.38. The summed E-state index contributed by atoms with van der Waals surface area (Å²) in [5.41, 5.74) is 0. The molecule has 0 heterocycles. The maximum absolute atomic E-state index is 12.6. The minimum Gasteiger partial charge on any atom is -0.365 e. The summed E-state index contributed by atoms with van der Waals surface area (Å²) in [7, 11) is 0. The van der Waals surface area contributed by atoms with Gasteiger partial charge in [-0.15, -0.1) is 0 Å². The highest BCUT2D eigenvalue weighted by Gasteiger charge is 2.34. The van der Waals surface area contributed by atoms with E-state index in [-0.39, 0.29) is 24.8 Å². The van der Waals surface area contributed by atoms with Gasteiger partial charge in [0, 0.05) is 12.8 Å². The molecule has 0 aliphatic heterocycles. The molecule has 0 saturated heterocycles. The summed E-state index contributed by atoms with van der Waals surface area (Å²) in [6, 6.07) is 0.160. The molecular formula is C8H13ClF2O. The van der Waals surface area contributed by atoms with E-state index in [1.165, 1.54) is 0 Å². The Labute approximate surface area is 76.0 Å². The van der Waals surface area contributed by atoms with Crippen LogP contribution in [0.2, 0.25) is 0 Å². The number of hydrogen-bond acceptors (Lipinski definition) is 1. The van der Waals surface area contributed by atoms with Crippen molar-refractivity contribution >= 4 is 11.6 Å². The molecule has 0 amide bonds. The highest BCUT2D eigenvalue weighted by atomic mass is 35.5. The lowest BCUT2D eigenvalue weighted by atomic mass is 9.87. The molecule has 1 rings (SSSR count). The van der Waals surface area contributed by atoms with Gasteiger partial charge >= 0.3 is 0 Å². The van der Waals surface area contributed by atoms with Gasteiger partial charge in [0.25, 0.3) is 0 Å². The Morgan fingerprint density at radius 1 is 1.33 bits per heavy atom. The van der Waals surface area contributed by atoms with E-state index in [4.69, 9.17) is 16.3 Å². The van der Waals surface area contributed by atoms with Crippen LogP contribution in [0.25, 0.3) is 0 Å². The highest BCUT2D eigenvalue weighted by Crippen LogP contribution is 2.36. The zero-order valence-electron chi connectivity index (χ0n) is 6.86. The zero-order valence-corrected chi connectivity index (χ0v) is 7.62. The molecule has 0 N–H and O–H groups in total. The largest absolute Gasteiger partial charge is 0.365 e. The summed E-state index contributed by atoms with van der Waals surface area (Å²) in [5, 5.41) is 0. The third kappa shape index (κ3) is 3.23. The van der Waals surface area contributed by atoms with Crippen molar-refractivity contribution in [1.82, 2.24) is 0 Å². The molecule has 72 valence electrons. The molecule has 1 saturated carbocycles. The molecule has 1 aliphatic carbocycles. The molecule has 0 aromatic carbocycles. The minimum atomic E-state index is -2.43. The standard InChI is InChI=1S/C8H13ClF2O/c9-6-12-5-7-1-3-8(10,11)4-2-7/h7H,1-6H2. The summed E-state index contributed by atoms with van der Waals surface area (Å²) in [6.07, 6.45) is 1.13. The van der Waals surface area contributed by atoms with Crippen molar-refractivity contribution in [1.29, 1.82) is 0 Å². The average molecular weight is 199 g/mol. The number of halogens is 3. The van der Waals surface area contributed by atoms with Gasteiger partial charge in [-0.1, -0.05) is 11.6 Å². The first-order valence-electron chi connectivity index (χ1n) is 4.15. The van der Waals surface area contributed by atoms with E-state index >= 15 is 0 Å². The van der Waals surface area contributed by atoms with Crippen molar-refractivity contribution in [2.45, 2.75) is 31.6 Å². The number of ether oxygens (including phenoxy) is 1. The number of alkyl halides is 3. The molecule has 1 fully saturated rings. The van der Waals surface area contributed by atoms with Crippen LogP contribution in [-0.4, -0.2) is 18.6 Å². The maximum atomic E-state index is 12.6. The summed E-state index contributed by atoms with van der Waals surface area (Å²) < 4.78 is 30.2. The normalized spacial score (nSPS) is 24.2. The first kappa shape index (κ1) is 10.2. The fourth-order valence-corrected chi connectivity index (χ4v) is 1.57. The lowest BCUT2D eigenvalue weighted by Crippen LogP contribution is -2.26. The van der Waals surface area contributed by atoms with Gasteiger partial charge in [-0.2, -0.15) is 0 Å². The van der Waals surface area contributed by atoms with Crippen molar-refractivity contribution in [3.05, 3.63) is 0 Å². The topological polar surface area (TPSA) is 9.23 Å². The molecule has 4 heteroatoms. The summed E-state index contributed by atoms with van der Waals surface area (Å²) in [5.74, 6) is -2.15. The smallest absolute Gasteiger partial charge is 0.248 e. The van der Waals surface area contributed by atoms with Crippen LogP contribution in [0.3, 0.4) is 0 Å². The third-order valence-electron chi connectivity index (χ3n) is 2.27. The Morgan fingerprint density at radius 3 is 2.42 bits per heavy atom. The van der Waals surface area contributed by atoms with E-state index in [9.17, 15) is 8.78 Å². The maximum Gasteiger partial charge on any atom is 0.248 e. The second-order valence-corrected chi connectivity index (χ2v) is 3.50. The first-order chi connectivity index (χ1) is 5.64. The van der Waals surface area contributed by atoms with Gasteiger partial charge in [-0.3, -0.25) is 0 Å². The van der Waals surface area contributed by atoms with Crippen LogP contribution < -0.4 is 0 Å². The lowest BCUT2D eigenvalue weighted by molar-refractivity contribution is -0.0539. The van der Waals surface area contributed by atoms with E-state index in [2.05, 4.69) is 0 Å². The van der Waals surface area contributed by atoms with Crippen LogP contribution in [0.1, 0.15) is 25.7 Å². The van der Waals surface area contributed by atoms with Gasteiger partial charge in [-0.25, -0.2) is 8.78 Å². The van der Waals surface area contributed by atoms with Crippen LogP contribution in [0.15, 0.2) is 0 Å². The second-order valence-electron chi connectivity index (χ2n) is 3.28. The first-order valence-corrected chi connectivity index (χ1v) is 4.69. The van der Waals surface area contributed by atoms with Crippen LogP contribution in [0, 0.1) is 5.92 Å². The van der Waals surface area contributed by atoms with Gasteiger partial charge in [0.05, 0.1) is 6.61 Å². The summed E-state index contributed by atoms with van der Waals surface area (Å²) in [4.78, 5) is 0. The molecule has 0 bridgehead atoms. The van der Waals surface area contributed by atoms with E-state index < -0.39 is 5.92 Å². The van der Waals surface area contributed by atoms with Crippen LogP contribution in [0.5, 0.6) is 0 Å². The minimum absolute atomic E-state index is 0.00329. The van der Waals surface area contributed by atoms with Crippen molar-refractivity contribution in [3.63, 3.8) is 0 Å². The molecule has 0 unspecified atom stereocenters. The van der Waals surface area contributed by atoms with Crippen molar-refractivity contribution in [2.75, 3.05) is 12.7 Å². The molecule has 0 aromatic heterocycles. The highest BCUT2D eigenvalue weighted by molar-refractivity contribution is 6.17. The van der Waals surface area contributed by atoms with E-state index in [1.54, 1.807) is 0 Å². The average Bonchev–Trinajstić information content (AvgIpc) is 2.03. The monoisotopic (exact) mass is 198 g/mol. The van der Waals surface area contributed by atoms with Gasteiger partial charge in [0.1, 0.15) is 6.07 Å². The van der Waals surface area contributed by atoms with Crippen LogP contribution in [0.4, 0.5) is 8.78 Å². The molecule has 0 aromatic rings. The van der Waals surface area contributed by atoms with E-state index in [1.807, 2.05) is 0 Å². The lowest BCUT2D eigenvalue weighted by Gasteiger charge is -2.27. The van der Waals surface area contributed by atoms with Gasteiger partial charge in [0.15, 0.2) is 0 Å². The SMILES string of the molecule is FC1(F)CCC(COCCl)CC1. The molecule has 1 aliphatic rings. The van der Waals surface area contributed by atoms with Crippen molar-refractivity contribution in [2.24, 2.45) is 5.92 Å². The van der Waals surface area contributed by atoms with Crippen LogP contribution >= 0.6 is 11.6 Å². The fraction of sp³-hybridized carbons (Fsp3) is 1.00. The Hall–Kier alpha value is 0.110. The van der Waals surface area contributed by atoms with Gasteiger partial charge in [0.2, 0.25) is 5.92 Å². The molecule has 0 atom stereocenters. The van der Waals surface area contributed by atoms with E-state index in [0.29, 0.717) is 19.4 Å². The molecule has 1 nitrogen and oxygen atoms in total. The van der Waals surface area contributed by atoms with Crippen molar-refractivity contribution in [3.8, 4) is 0 Å². The van der Waals surface area contributed by atoms with E-state index in [0.717, 1.165) is 0 Å². The Kier molecular flexibility index (Phi) is 3.72. The fourth-order valence-electron chi connectivity index (χ4n) is 1.48. The zero-order chi connectivity index (χ0) is 9.03. The predicted molar refractivity (Wildman–Crippen MR) is 43.6 cm³/mol. The van der Waals surface area contributed by atoms with Gasteiger partial charge in [-0.05, 0) is 18.8 Å². The number of rotatable bonds is 3. The van der Waals surface area contributed by atoms with Crippen LogP contribution in [-0.2, 0) is 4.74 Å². The molecule has 0 spiro atoms. The predicted octanol–water partition coefficient (Wildman–Crippen LogP) is 3.02. The Morgan fingerprint density at radius 2 is 1.92 bits per heavy atom. The molecular weight excluding hydrogens is 186 g/mol. The molecule has 12 heavy (non-hydrogen) atoms. The Bertz CT molecular complexity index is 131. The quantitative estimate of drug-likeness (QED) is 0.634. The number of hydrogen-bond donors (Lipinski definition) is 0. The molecule has 0 radical (unpaired) electrons. The third-order valence-corrected chi connectivity index (χ3v) is 2.42. The summed E-state index contributed by atoms with van der Waals surface area (Å²) >= 11 is 5.31. The van der Waals surface area contributed by atoms with Crippen molar-refractivity contribution < 1.29 is 13.5 Å². The Balaban J connectivity index is 2.18. The van der Waals surface area contributed by atoms with Gasteiger partial charge < -0.3 is 4.74 Å². The summed E-state index contributed by atoms with van der Waals surface area (Å²) in [6.45, 7) is 0.527.